The first-order valence-corrected chi connectivity index (χ1v) is 4.69. The Morgan fingerprint density at radius 1 is 1.18 bits per heavy atom. The van der Waals surface area contributed by atoms with Gasteiger partial charge in [-0.15, -0.1) is 0 Å². The minimum Gasteiger partial charge on any atom is -0.0830 e. The predicted octanol–water partition coefficient (Wildman–Crippen LogP) is 4.02. The Kier molecular flexibility index (Phi) is 5.27. The summed E-state index contributed by atoms with van der Waals surface area (Å²) in [7, 11) is 0. The molecule has 0 rings (SSSR count). The van der Waals surface area contributed by atoms with Gasteiger partial charge in [-0.25, -0.2) is 0 Å². The SMILES string of the molecule is C/C(=C\C(C)C)CCC(C)C. The van der Waals surface area contributed by atoms with Crippen LogP contribution in [0.2, 0.25) is 0 Å². The van der Waals surface area contributed by atoms with Crippen molar-refractivity contribution >= 4 is 0 Å². The topological polar surface area (TPSA) is 0 Å². The highest BCUT2D eigenvalue weighted by Gasteiger charge is 1.95. The molecule has 0 saturated carbocycles. The molecule has 0 unspecified atom stereocenters. The molecule has 11 heavy (non-hydrogen) atoms. The molecule has 0 aliphatic heterocycles. The van der Waals surface area contributed by atoms with Crippen LogP contribution in [0.15, 0.2) is 11.6 Å². The van der Waals surface area contributed by atoms with E-state index in [4.69, 9.17) is 0 Å². The number of hydrogen-bond donors (Lipinski definition) is 0. The van der Waals surface area contributed by atoms with Crippen LogP contribution in [-0.2, 0) is 0 Å². The van der Waals surface area contributed by atoms with Gasteiger partial charge in [-0.1, -0.05) is 39.3 Å². The van der Waals surface area contributed by atoms with E-state index in [-0.39, 0.29) is 0 Å². The van der Waals surface area contributed by atoms with E-state index in [1.165, 1.54) is 12.8 Å². The van der Waals surface area contributed by atoms with E-state index in [1.807, 2.05) is 0 Å². The summed E-state index contributed by atoms with van der Waals surface area (Å²) < 4.78 is 0. The predicted molar refractivity (Wildman–Crippen MR) is 52.7 cm³/mol. The van der Waals surface area contributed by atoms with Crippen LogP contribution in [0.1, 0.15) is 47.5 Å². The molecule has 0 heterocycles. The smallest absolute Gasteiger partial charge is 0.0288 e. The van der Waals surface area contributed by atoms with E-state index in [1.54, 1.807) is 5.57 Å². The van der Waals surface area contributed by atoms with E-state index in [2.05, 4.69) is 40.7 Å². The molecule has 0 aliphatic rings. The first kappa shape index (κ1) is 10.7. The lowest BCUT2D eigenvalue weighted by atomic mass is 10.0. The fraction of sp³-hybridized carbons (Fsp3) is 0.818. The highest BCUT2D eigenvalue weighted by molar-refractivity contribution is 4.99. The third-order valence-corrected chi connectivity index (χ3v) is 1.73. The van der Waals surface area contributed by atoms with Gasteiger partial charge in [0.15, 0.2) is 0 Å². The van der Waals surface area contributed by atoms with Crippen LogP contribution >= 0.6 is 0 Å². The third-order valence-electron chi connectivity index (χ3n) is 1.73. The Morgan fingerprint density at radius 3 is 2.09 bits per heavy atom. The van der Waals surface area contributed by atoms with Crippen LogP contribution in [0.4, 0.5) is 0 Å². The molecule has 0 nitrogen and oxygen atoms in total. The number of hydrogen-bond acceptors (Lipinski definition) is 0. The quantitative estimate of drug-likeness (QED) is 0.536. The standard InChI is InChI=1S/C11H22/c1-9(2)6-7-11(5)8-10(3)4/h8-10H,6-7H2,1-5H3/b11-8+. The molecule has 0 saturated heterocycles. The van der Waals surface area contributed by atoms with Gasteiger partial charge in [0.05, 0.1) is 0 Å². The first-order chi connectivity index (χ1) is 5.02. The molecule has 0 heteroatoms. The molecule has 0 N–H and O–H groups in total. The Morgan fingerprint density at radius 2 is 1.73 bits per heavy atom. The highest BCUT2D eigenvalue weighted by Crippen LogP contribution is 2.12. The van der Waals surface area contributed by atoms with E-state index < -0.39 is 0 Å². The minimum absolute atomic E-state index is 0.710. The van der Waals surface area contributed by atoms with Crippen molar-refractivity contribution in [3.8, 4) is 0 Å². The van der Waals surface area contributed by atoms with E-state index in [9.17, 15) is 0 Å². The molecule has 0 aromatic heterocycles. The van der Waals surface area contributed by atoms with Crippen molar-refractivity contribution in [1.82, 2.24) is 0 Å². The zero-order chi connectivity index (χ0) is 8.85. The van der Waals surface area contributed by atoms with Crippen molar-refractivity contribution in [2.75, 3.05) is 0 Å². The maximum Gasteiger partial charge on any atom is -0.0288 e. The maximum absolute atomic E-state index is 2.36. The second-order valence-electron chi connectivity index (χ2n) is 4.19. The van der Waals surface area contributed by atoms with Crippen molar-refractivity contribution in [3.63, 3.8) is 0 Å². The first-order valence-electron chi connectivity index (χ1n) is 4.69. The van der Waals surface area contributed by atoms with Crippen molar-refractivity contribution in [2.45, 2.75) is 47.5 Å². The largest absolute Gasteiger partial charge is 0.0830 e. The monoisotopic (exact) mass is 154 g/mol. The van der Waals surface area contributed by atoms with E-state index in [0.717, 1.165) is 5.92 Å². The highest BCUT2D eigenvalue weighted by atomic mass is 14.0. The van der Waals surface area contributed by atoms with Gasteiger partial charge in [0.2, 0.25) is 0 Å². The van der Waals surface area contributed by atoms with Gasteiger partial charge in [0.1, 0.15) is 0 Å². The molecule has 0 bridgehead atoms. The summed E-state index contributed by atoms with van der Waals surface area (Å²) in [5.41, 5.74) is 1.55. The fourth-order valence-corrected chi connectivity index (χ4v) is 1.17. The normalized spacial score (nSPS) is 13.2. The van der Waals surface area contributed by atoms with Gasteiger partial charge in [-0.05, 0) is 31.6 Å². The van der Waals surface area contributed by atoms with E-state index in [0.29, 0.717) is 5.92 Å². The number of allylic oxidation sites excluding steroid dienone is 2. The summed E-state index contributed by atoms with van der Waals surface area (Å²) in [5, 5.41) is 0. The van der Waals surface area contributed by atoms with Gasteiger partial charge >= 0.3 is 0 Å². The summed E-state index contributed by atoms with van der Waals surface area (Å²) in [4.78, 5) is 0. The second kappa shape index (κ2) is 5.40. The minimum atomic E-state index is 0.710. The molecule has 0 amide bonds. The molecule has 66 valence electrons. The Bertz CT molecular complexity index is 118. The van der Waals surface area contributed by atoms with Crippen molar-refractivity contribution < 1.29 is 0 Å². The molecular weight excluding hydrogens is 132 g/mol. The number of rotatable bonds is 4. The average Bonchev–Trinajstić information content (AvgIpc) is 1.82. The van der Waals surface area contributed by atoms with Crippen LogP contribution in [0, 0.1) is 11.8 Å². The lowest BCUT2D eigenvalue weighted by Crippen LogP contribution is -1.89. The molecule has 0 aromatic carbocycles. The molecular formula is C11H22. The Hall–Kier alpha value is -0.260. The van der Waals surface area contributed by atoms with Gasteiger partial charge in [-0.3, -0.25) is 0 Å². The fourth-order valence-electron chi connectivity index (χ4n) is 1.17. The van der Waals surface area contributed by atoms with Crippen LogP contribution < -0.4 is 0 Å². The van der Waals surface area contributed by atoms with Crippen molar-refractivity contribution in [3.05, 3.63) is 11.6 Å². The van der Waals surface area contributed by atoms with Crippen LogP contribution in [0.5, 0.6) is 0 Å². The van der Waals surface area contributed by atoms with Gasteiger partial charge in [-0.2, -0.15) is 0 Å². The summed E-state index contributed by atoms with van der Waals surface area (Å²) in [6.45, 7) is 11.3. The van der Waals surface area contributed by atoms with Crippen LogP contribution in [-0.4, -0.2) is 0 Å². The zero-order valence-electron chi connectivity index (χ0n) is 8.65. The summed E-state index contributed by atoms with van der Waals surface area (Å²) >= 11 is 0. The van der Waals surface area contributed by atoms with Crippen molar-refractivity contribution in [1.29, 1.82) is 0 Å². The maximum atomic E-state index is 2.36. The van der Waals surface area contributed by atoms with E-state index >= 15 is 0 Å². The Labute approximate surface area is 71.7 Å². The summed E-state index contributed by atoms with van der Waals surface area (Å²) in [6, 6.07) is 0. The van der Waals surface area contributed by atoms with Gasteiger partial charge in [0.25, 0.3) is 0 Å². The molecule has 0 aromatic rings. The zero-order valence-corrected chi connectivity index (χ0v) is 8.65. The van der Waals surface area contributed by atoms with Crippen molar-refractivity contribution in [2.24, 2.45) is 11.8 Å². The average molecular weight is 154 g/mol. The van der Waals surface area contributed by atoms with Crippen LogP contribution in [0.3, 0.4) is 0 Å². The summed E-state index contributed by atoms with van der Waals surface area (Å²) in [6.07, 6.45) is 4.97. The summed E-state index contributed by atoms with van der Waals surface area (Å²) in [5.74, 6) is 1.55. The van der Waals surface area contributed by atoms with Gasteiger partial charge in [0, 0.05) is 0 Å². The molecule has 0 radical (unpaired) electrons. The molecule has 0 atom stereocenters. The molecule has 0 fully saturated rings. The second-order valence-corrected chi connectivity index (χ2v) is 4.19. The molecule has 0 spiro atoms. The van der Waals surface area contributed by atoms with Gasteiger partial charge < -0.3 is 0 Å². The lowest BCUT2D eigenvalue weighted by Gasteiger charge is -2.05. The van der Waals surface area contributed by atoms with Crippen LogP contribution in [0.25, 0.3) is 0 Å². The Balaban J connectivity index is 3.59. The lowest BCUT2D eigenvalue weighted by molar-refractivity contribution is 0.582. The molecule has 0 aliphatic carbocycles. The third kappa shape index (κ3) is 7.64.